The molecule has 0 saturated heterocycles. The van der Waals surface area contributed by atoms with E-state index in [1.54, 1.807) is 37.2 Å². The lowest BCUT2D eigenvalue weighted by Gasteiger charge is -2.32. The van der Waals surface area contributed by atoms with Crippen molar-refractivity contribution in [3.05, 3.63) is 40.5 Å². The van der Waals surface area contributed by atoms with Crippen LogP contribution in [0.4, 0.5) is 5.69 Å². The Labute approximate surface area is 143 Å². The molecule has 4 rings (SSSR count). The van der Waals surface area contributed by atoms with Crippen molar-refractivity contribution in [2.45, 2.75) is 0 Å². The summed E-state index contributed by atoms with van der Waals surface area (Å²) in [6.45, 7) is 0. The zero-order chi connectivity index (χ0) is 18.2. The van der Waals surface area contributed by atoms with Gasteiger partial charge in [0.15, 0.2) is 0 Å². The Morgan fingerprint density at radius 1 is 0.720 bits per heavy atom. The minimum absolute atomic E-state index is 0.325. The SMILES string of the molecule is CN1C(=O)c2ccc3c4c(c(N(C)C)cc(c24)C1=O)C(=O)N(C)C3=O. The van der Waals surface area contributed by atoms with Crippen LogP contribution in [0, 0.1) is 0 Å². The molecule has 0 bridgehead atoms. The third kappa shape index (κ3) is 1.69. The lowest BCUT2D eigenvalue weighted by molar-refractivity contribution is 0.0629. The van der Waals surface area contributed by atoms with Crippen molar-refractivity contribution in [2.75, 3.05) is 33.1 Å². The lowest BCUT2D eigenvalue weighted by atomic mass is 9.85. The smallest absolute Gasteiger partial charge is 0.263 e. The first-order valence-corrected chi connectivity index (χ1v) is 7.71. The van der Waals surface area contributed by atoms with Crippen molar-refractivity contribution in [3.63, 3.8) is 0 Å². The predicted molar refractivity (Wildman–Crippen MR) is 91.1 cm³/mol. The highest BCUT2D eigenvalue weighted by atomic mass is 16.2. The van der Waals surface area contributed by atoms with Gasteiger partial charge >= 0.3 is 0 Å². The number of anilines is 1. The van der Waals surface area contributed by atoms with Crippen molar-refractivity contribution < 1.29 is 19.2 Å². The number of nitrogens with zero attached hydrogens (tertiary/aromatic N) is 3. The Morgan fingerprint density at radius 2 is 1.20 bits per heavy atom. The van der Waals surface area contributed by atoms with E-state index in [1.165, 1.54) is 14.1 Å². The number of imide groups is 2. The van der Waals surface area contributed by atoms with Crippen molar-refractivity contribution in [3.8, 4) is 0 Å². The van der Waals surface area contributed by atoms with E-state index < -0.39 is 23.6 Å². The quantitative estimate of drug-likeness (QED) is 0.734. The third-order valence-corrected chi connectivity index (χ3v) is 4.87. The summed E-state index contributed by atoms with van der Waals surface area (Å²) >= 11 is 0. The highest BCUT2D eigenvalue weighted by Gasteiger charge is 2.39. The van der Waals surface area contributed by atoms with E-state index in [0.29, 0.717) is 38.7 Å². The highest BCUT2D eigenvalue weighted by molar-refractivity contribution is 6.34. The van der Waals surface area contributed by atoms with Crippen LogP contribution in [0.3, 0.4) is 0 Å². The molecule has 0 N–H and O–H groups in total. The summed E-state index contributed by atoms with van der Waals surface area (Å²) in [5.74, 6) is -1.76. The van der Waals surface area contributed by atoms with E-state index in [4.69, 9.17) is 0 Å². The highest BCUT2D eigenvalue weighted by Crippen LogP contribution is 2.41. The monoisotopic (exact) mass is 337 g/mol. The second kappa shape index (κ2) is 4.66. The number of hydrogen-bond acceptors (Lipinski definition) is 5. The van der Waals surface area contributed by atoms with Crippen LogP contribution in [0.15, 0.2) is 18.2 Å². The third-order valence-electron chi connectivity index (χ3n) is 4.87. The van der Waals surface area contributed by atoms with Crippen molar-refractivity contribution in [1.29, 1.82) is 0 Å². The van der Waals surface area contributed by atoms with Gasteiger partial charge in [-0.25, -0.2) is 0 Å². The van der Waals surface area contributed by atoms with Gasteiger partial charge in [-0.2, -0.15) is 0 Å². The molecule has 2 aliphatic heterocycles. The first-order valence-electron chi connectivity index (χ1n) is 7.71. The molecule has 2 aromatic carbocycles. The molecule has 0 aromatic heterocycles. The molecule has 0 atom stereocenters. The van der Waals surface area contributed by atoms with Gasteiger partial charge in [-0.05, 0) is 18.2 Å². The Bertz CT molecular complexity index is 1040. The topological polar surface area (TPSA) is 78.0 Å². The van der Waals surface area contributed by atoms with Crippen LogP contribution in [0.2, 0.25) is 0 Å². The number of carbonyl (C=O) groups excluding carboxylic acids is 4. The van der Waals surface area contributed by atoms with Gasteiger partial charge < -0.3 is 4.90 Å². The number of rotatable bonds is 1. The molecule has 4 amide bonds. The molecule has 2 aromatic rings. The van der Waals surface area contributed by atoms with E-state index in [0.717, 1.165) is 9.80 Å². The van der Waals surface area contributed by atoms with Crippen LogP contribution in [0.1, 0.15) is 41.4 Å². The summed E-state index contributed by atoms with van der Waals surface area (Å²) in [6.07, 6.45) is 0. The lowest BCUT2D eigenvalue weighted by Crippen LogP contribution is -2.41. The summed E-state index contributed by atoms with van der Waals surface area (Å²) in [5, 5.41) is 0.780. The molecule has 0 saturated carbocycles. The molecule has 0 radical (unpaired) electrons. The van der Waals surface area contributed by atoms with Gasteiger partial charge in [-0.15, -0.1) is 0 Å². The zero-order valence-electron chi connectivity index (χ0n) is 14.2. The fraction of sp³-hybridized carbons (Fsp3) is 0.222. The second-order valence-electron chi connectivity index (χ2n) is 6.46. The molecular weight excluding hydrogens is 322 g/mol. The maximum absolute atomic E-state index is 12.8. The Kier molecular flexibility index (Phi) is 2.85. The molecule has 7 heteroatoms. The second-order valence-corrected chi connectivity index (χ2v) is 6.46. The molecule has 2 heterocycles. The van der Waals surface area contributed by atoms with Gasteiger partial charge in [0.2, 0.25) is 0 Å². The van der Waals surface area contributed by atoms with Gasteiger partial charge in [0, 0.05) is 50.1 Å². The Balaban J connectivity index is 2.29. The van der Waals surface area contributed by atoms with Crippen molar-refractivity contribution in [1.82, 2.24) is 9.80 Å². The van der Waals surface area contributed by atoms with Gasteiger partial charge in [-0.3, -0.25) is 29.0 Å². The van der Waals surface area contributed by atoms with Crippen LogP contribution in [0.25, 0.3) is 10.8 Å². The summed E-state index contributed by atoms with van der Waals surface area (Å²) in [5.41, 5.74) is 1.86. The van der Waals surface area contributed by atoms with Crippen molar-refractivity contribution in [2.24, 2.45) is 0 Å². The average Bonchev–Trinajstić information content (AvgIpc) is 2.59. The predicted octanol–water partition coefficient (Wildman–Crippen LogP) is 1.36. The number of carbonyl (C=O) groups is 4. The maximum Gasteiger partial charge on any atom is 0.263 e. The summed E-state index contributed by atoms with van der Waals surface area (Å²) < 4.78 is 0. The molecule has 2 aliphatic rings. The standard InChI is InChI=1S/C18H15N3O4/c1-19(2)11-7-10-12-8(15(22)20(3)17(10)24)5-6-9-13(12)14(11)18(25)21(4)16(9)23/h5-7H,1-4H3. The van der Waals surface area contributed by atoms with Gasteiger partial charge in [0.1, 0.15) is 0 Å². The fourth-order valence-corrected chi connectivity index (χ4v) is 3.54. The van der Waals surface area contributed by atoms with E-state index in [1.807, 2.05) is 0 Å². The van der Waals surface area contributed by atoms with Crippen LogP contribution < -0.4 is 4.90 Å². The molecule has 0 fully saturated rings. The van der Waals surface area contributed by atoms with Gasteiger partial charge in [-0.1, -0.05) is 0 Å². The molecule has 126 valence electrons. The first kappa shape index (κ1) is 15.3. The molecule has 0 aliphatic carbocycles. The van der Waals surface area contributed by atoms with Crippen LogP contribution in [0.5, 0.6) is 0 Å². The molecule has 0 unspecified atom stereocenters. The fourth-order valence-electron chi connectivity index (χ4n) is 3.54. The summed E-state index contributed by atoms with van der Waals surface area (Å²) in [6, 6.07) is 4.72. The van der Waals surface area contributed by atoms with Gasteiger partial charge in [0.05, 0.1) is 16.8 Å². The molecule has 7 nitrogen and oxygen atoms in total. The summed E-state index contributed by atoms with van der Waals surface area (Å²) in [7, 11) is 6.38. The number of amides is 4. The zero-order valence-corrected chi connectivity index (χ0v) is 14.2. The summed E-state index contributed by atoms with van der Waals surface area (Å²) in [4.78, 5) is 54.4. The van der Waals surface area contributed by atoms with Crippen LogP contribution >= 0.6 is 0 Å². The number of hydrogen-bond donors (Lipinski definition) is 0. The van der Waals surface area contributed by atoms with E-state index in [9.17, 15) is 19.2 Å². The van der Waals surface area contributed by atoms with Crippen LogP contribution in [-0.2, 0) is 0 Å². The molecule has 25 heavy (non-hydrogen) atoms. The molecule has 0 spiro atoms. The van der Waals surface area contributed by atoms with E-state index in [-0.39, 0.29) is 0 Å². The van der Waals surface area contributed by atoms with Crippen LogP contribution in [-0.4, -0.2) is 61.6 Å². The number of benzene rings is 2. The normalized spacial score (nSPS) is 16.2. The first-order chi connectivity index (χ1) is 11.8. The van der Waals surface area contributed by atoms with E-state index in [2.05, 4.69) is 0 Å². The maximum atomic E-state index is 12.8. The van der Waals surface area contributed by atoms with E-state index >= 15 is 0 Å². The average molecular weight is 337 g/mol. The minimum atomic E-state index is -0.442. The van der Waals surface area contributed by atoms with Crippen molar-refractivity contribution >= 4 is 40.1 Å². The Morgan fingerprint density at radius 3 is 1.76 bits per heavy atom. The molecular formula is C18H15N3O4. The largest absolute Gasteiger partial charge is 0.377 e. The minimum Gasteiger partial charge on any atom is -0.377 e. The Hall–Kier alpha value is -3.22. The van der Waals surface area contributed by atoms with Gasteiger partial charge in [0.25, 0.3) is 23.6 Å².